The number of esters is 1. The summed E-state index contributed by atoms with van der Waals surface area (Å²) in [6, 6.07) is 16.7. The summed E-state index contributed by atoms with van der Waals surface area (Å²) in [6.45, 7) is 6.19. The summed E-state index contributed by atoms with van der Waals surface area (Å²) in [4.78, 5) is 42.0. The van der Waals surface area contributed by atoms with Gasteiger partial charge in [-0.3, -0.25) is 9.69 Å². The molecule has 0 aromatic heterocycles. The number of ether oxygens (including phenoxy) is 2. The van der Waals surface area contributed by atoms with Crippen molar-refractivity contribution in [2.45, 2.75) is 39.1 Å². The SMILES string of the molecule is COC(=O)C(=O)N(Cc1ccc(C(C)(C)C)cc1)c1ccc(-c2ccc(OC(F)(F)F)cc2)c(ON=O)c1. The summed E-state index contributed by atoms with van der Waals surface area (Å²) in [5.41, 5.74) is 2.59. The van der Waals surface area contributed by atoms with E-state index in [4.69, 9.17) is 4.84 Å². The second kappa shape index (κ2) is 11.3. The Morgan fingerprint density at radius 1 is 0.921 bits per heavy atom. The van der Waals surface area contributed by atoms with Crippen LogP contribution in [0.4, 0.5) is 18.9 Å². The Morgan fingerprint density at radius 2 is 1.55 bits per heavy atom. The van der Waals surface area contributed by atoms with E-state index in [1.807, 2.05) is 24.3 Å². The molecule has 8 nitrogen and oxygen atoms in total. The van der Waals surface area contributed by atoms with Gasteiger partial charge in [0.05, 0.1) is 13.7 Å². The van der Waals surface area contributed by atoms with E-state index in [0.29, 0.717) is 11.1 Å². The van der Waals surface area contributed by atoms with Crippen LogP contribution in [0.15, 0.2) is 72.1 Å². The highest BCUT2D eigenvalue weighted by Gasteiger charge is 2.31. The molecule has 0 aliphatic rings. The van der Waals surface area contributed by atoms with E-state index < -0.39 is 24.0 Å². The molecule has 1 amide bonds. The Balaban J connectivity index is 1.99. The second-order valence-electron chi connectivity index (χ2n) is 9.25. The van der Waals surface area contributed by atoms with Crippen LogP contribution in [0, 0.1) is 4.91 Å². The van der Waals surface area contributed by atoms with Crippen LogP contribution in [-0.4, -0.2) is 25.3 Å². The third-order valence-corrected chi connectivity index (χ3v) is 5.58. The van der Waals surface area contributed by atoms with Gasteiger partial charge in [-0.05, 0) is 46.4 Å². The van der Waals surface area contributed by atoms with Crippen LogP contribution < -0.4 is 14.5 Å². The number of rotatable bonds is 7. The average molecular weight is 530 g/mol. The summed E-state index contributed by atoms with van der Waals surface area (Å²) < 4.78 is 45.9. The molecule has 0 unspecified atom stereocenters. The predicted molar refractivity (Wildman–Crippen MR) is 133 cm³/mol. The maximum absolute atomic E-state index is 12.9. The van der Waals surface area contributed by atoms with Gasteiger partial charge in [0.15, 0.2) is 11.1 Å². The molecule has 0 radical (unpaired) electrons. The van der Waals surface area contributed by atoms with Crippen LogP contribution in [0.5, 0.6) is 11.5 Å². The molecule has 0 heterocycles. The molecule has 200 valence electrons. The first-order valence-corrected chi connectivity index (χ1v) is 11.3. The van der Waals surface area contributed by atoms with E-state index >= 15 is 0 Å². The van der Waals surface area contributed by atoms with Crippen molar-refractivity contribution in [3.8, 4) is 22.6 Å². The van der Waals surface area contributed by atoms with Crippen molar-refractivity contribution < 1.29 is 37.1 Å². The average Bonchev–Trinajstić information content (AvgIpc) is 2.86. The number of benzene rings is 3. The van der Waals surface area contributed by atoms with Gasteiger partial charge in [0.1, 0.15) is 5.75 Å². The highest BCUT2D eigenvalue weighted by molar-refractivity contribution is 6.38. The van der Waals surface area contributed by atoms with E-state index in [0.717, 1.165) is 35.3 Å². The van der Waals surface area contributed by atoms with Crippen LogP contribution in [0.1, 0.15) is 31.9 Å². The van der Waals surface area contributed by atoms with Gasteiger partial charge in [-0.2, -0.15) is 0 Å². The Bertz CT molecular complexity index is 1300. The Hall–Kier alpha value is -4.41. The molecule has 0 aliphatic heterocycles. The van der Waals surface area contributed by atoms with Crippen LogP contribution in [-0.2, 0) is 26.3 Å². The maximum Gasteiger partial charge on any atom is 0.573 e. The van der Waals surface area contributed by atoms with Crippen molar-refractivity contribution in [2.75, 3.05) is 12.0 Å². The first-order valence-electron chi connectivity index (χ1n) is 11.3. The number of carbonyl (C=O) groups is 2. The van der Waals surface area contributed by atoms with Crippen LogP contribution in [0.2, 0.25) is 0 Å². The molecule has 0 N–H and O–H groups in total. The zero-order valence-corrected chi connectivity index (χ0v) is 21.0. The molecule has 38 heavy (non-hydrogen) atoms. The standard InChI is InChI=1S/C27H25F3N2O6/c1-26(2,3)19-9-5-17(6-10-19)16-32(24(33)25(34)36-4)20-11-14-22(23(15-20)38-31-35)18-7-12-21(13-8-18)37-27(28,29)30/h5-15H,16H2,1-4H3. The highest BCUT2D eigenvalue weighted by atomic mass is 19.4. The smallest absolute Gasteiger partial charge is 0.462 e. The van der Waals surface area contributed by atoms with E-state index in [2.05, 4.69) is 35.6 Å². The van der Waals surface area contributed by atoms with Gasteiger partial charge in [-0.1, -0.05) is 57.2 Å². The number of anilines is 1. The maximum atomic E-state index is 12.9. The number of halogens is 3. The minimum atomic E-state index is -4.85. The Labute approximate surface area is 216 Å². The van der Waals surface area contributed by atoms with Gasteiger partial charge in [0, 0.05) is 17.3 Å². The van der Waals surface area contributed by atoms with Crippen molar-refractivity contribution in [3.05, 3.63) is 82.8 Å². The van der Waals surface area contributed by atoms with Crippen LogP contribution >= 0.6 is 0 Å². The monoisotopic (exact) mass is 530 g/mol. The molecule has 0 fully saturated rings. The van der Waals surface area contributed by atoms with Crippen LogP contribution in [0.25, 0.3) is 11.1 Å². The summed E-state index contributed by atoms with van der Waals surface area (Å²) in [5, 5.41) is 2.45. The number of amides is 1. The zero-order chi connectivity index (χ0) is 28.1. The molecule has 0 bridgehead atoms. The lowest BCUT2D eigenvalue weighted by Crippen LogP contribution is -2.37. The van der Waals surface area contributed by atoms with Gasteiger partial charge in [0.2, 0.25) is 0 Å². The van der Waals surface area contributed by atoms with Crippen molar-refractivity contribution >= 4 is 17.6 Å². The Morgan fingerprint density at radius 3 is 2.08 bits per heavy atom. The lowest BCUT2D eigenvalue weighted by molar-refractivity contribution is -0.274. The summed E-state index contributed by atoms with van der Waals surface area (Å²) in [5.74, 6) is -2.58. The summed E-state index contributed by atoms with van der Waals surface area (Å²) in [7, 11) is 1.08. The van der Waals surface area contributed by atoms with E-state index in [1.54, 1.807) is 0 Å². The van der Waals surface area contributed by atoms with Crippen molar-refractivity contribution in [2.24, 2.45) is 5.34 Å². The molecule has 0 saturated carbocycles. The predicted octanol–water partition coefficient (Wildman–Crippen LogP) is 6.32. The molecule has 3 rings (SSSR count). The third-order valence-electron chi connectivity index (χ3n) is 5.58. The largest absolute Gasteiger partial charge is 0.573 e. The van der Waals surface area contributed by atoms with E-state index in [-0.39, 0.29) is 23.4 Å². The molecule has 0 aliphatic carbocycles. The summed E-state index contributed by atoms with van der Waals surface area (Å²) in [6.07, 6.45) is -4.85. The molecule has 11 heteroatoms. The number of hydrogen-bond acceptors (Lipinski definition) is 7. The fraction of sp³-hybridized carbons (Fsp3) is 0.259. The fourth-order valence-corrected chi connectivity index (χ4v) is 3.64. The number of carbonyl (C=O) groups excluding carboxylic acids is 2. The number of alkyl halides is 3. The Kier molecular flexibility index (Phi) is 8.39. The van der Waals surface area contributed by atoms with Gasteiger partial charge in [-0.25, -0.2) is 4.79 Å². The lowest BCUT2D eigenvalue weighted by Gasteiger charge is -2.24. The van der Waals surface area contributed by atoms with Crippen LogP contribution in [0.3, 0.4) is 0 Å². The fourth-order valence-electron chi connectivity index (χ4n) is 3.64. The molecule has 0 saturated heterocycles. The number of hydrogen-bond donors (Lipinski definition) is 0. The van der Waals surface area contributed by atoms with Crippen molar-refractivity contribution in [1.82, 2.24) is 0 Å². The highest BCUT2D eigenvalue weighted by Crippen LogP contribution is 2.36. The molecular formula is C27H25F3N2O6. The summed E-state index contributed by atoms with van der Waals surface area (Å²) >= 11 is 0. The quantitative estimate of drug-likeness (QED) is 0.154. The number of methoxy groups -OCH3 is 1. The topological polar surface area (TPSA) is 94.5 Å². The number of nitrogens with zero attached hydrogens (tertiary/aromatic N) is 2. The molecule has 3 aromatic carbocycles. The van der Waals surface area contributed by atoms with Gasteiger partial charge in [0.25, 0.3) is 0 Å². The second-order valence-corrected chi connectivity index (χ2v) is 9.25. The molecular weight excluding hydrogens is 505 g/mol. The molecule has 0 spiro atoms. The van der Waals surface area contributed by atoms with Gasteiger partial charge >= 0.3 is 18.2 Å². The third kappa shape index (κ3) is 7.09. The van der Waals surface area contributed by atoms with E-state index in [9.17, 15) is 27.7 Å². The van der Waals surface area contributed by atoms with Gasteiger partial charge < -0.3 is 14.3 Å². The van der Waals surface area contributed by atoms with Crippen molar-refractivity contribution in [1.29, 1.82) is 0 Å². The van der Waals surface area contributed by atoms with Crippen molar-refractivity contribution in [3.63, 3.8) is 0 Å². The minimum Gasteiger partial charge on any atom is -0.462 e. The normalized spacial score (nSPS) is 11.4. The van der Waals surface area contributed by atoms with Gasteiger partial charge in [-0.15, -0.1) is 18.1 Å². The lowest BCUT2D eigenvalue weighted by atomic mass is 9.87. The first kappa shape index (κ1) is 28.2. The first-order chi connectivity index (χ1) is 17.8. The minimum absolute atomic E-state index is 0.00482. The molecule has 3 aromatic rings. The molecule has 0 atom stereocenters. The van der Waals surface area contributed by atoms with E-state index in [1.165, 1.54) is 30.3 Å². The zero-order valence-electron chi connectivity index (χ0n) is 21.0.